The lowest BCUT2D eigenvalue weighted by atomic mass is 9.95. The number of carbonyl (C=O) groups excluding carboxylic acids is 1. The van der Waals surface area contributed by atoms with Crippen LogP contribution in [0.15, 0.2) is 55.5 Å². The minimum absolute atomic E-state index is 0.00159. The maximum Gasteiger partial charge on any atom is 0.257 e. The second-order valence-corrected chi connectivity index (χ2v) is 7.27. The fourth-order valence-corrected chi connectivity index (χ4v) is 4.38. The van der Waals surface area contributed by atoms with Crippen molar-refractivity contribution < 1.29 is 9.53 Å². The Morgan fingerprint density at radius 3 is 2.90 bits per heavy atom. The van der Waals surface area contributed by atoms with Crippen molar-refractivity contribution in [3.63, 3.8) is 0 Å². The Morgan fingerprint density at radius 2 is 2.00 bits per heavy atom. The Labute approximate surface area is 165 Å². The summed E-state index contributed by atoms with van der Waals surface area (Å²) < 4.78 is 8.06. The van der Waals surface area contributed by atoms with Gasteiger partial charge in [0.25, 0.3) is 5.91 Å². The Bertz CT molecular complexity index is 1220. The lowest BCUT2D eigenvalue weighted by Crippen LogP contribution is -2.42. The molecule has 0 saturated carbocycles. The van der Waals surface area contributed by atoms with E-state index in [0.717, 1.165) is 29.6 Å². The van der Waals surface area contributed by atoms with Crippen LogP contribution >= 0.6 is 0 Å². The summed E-state index contributed by atoms with van der Waals surface area (Å²) in [5.74, 6) is 0.542. The van der Waals surface area contributed by atoms with E-state index < -0.39 is 0 Å². The maximum absolute atomic E-state index is 13.3. The van der Waals surface area contributed by atoms with Crippen molar-refractivity contribution in [2.45, 2.75) is 25.0 Å². The first-order chi connectivity index (χ1) is 14.3. The molecule has 2 aliphatic rings. The first-order valence-electron chi connectivity index (χ1n) is 9.53. The Hall–Kier alpha value is -3.75. The summed E-state index contributed by atoms with van der Waals surface area (Å²) in [5.41, 5.74) is 3.26. The third-order valence-corrected chi connectivity index (χ3v) is 5.66. The quantitative estimate of drug-likeness (QED) is 0.534. The number of piperidine rings is 1. The molecule has 0 N–H and O–H groups in total. The SMILES string of the molecule is O=C1c2c(cccc2-n2nccn2)[C@@H]2CC[C@@H](Oc3nccn4cncc34)CN12. The van der Waals surface area contributed by atoms with Crippen molar-refractivity contribution in [2.75, 3.05) is 6.54 Å². The molecule has 0 radical (unpaired) electrons. The zero-order valence-corrected chi connectivity index (χ0v) is 15.4. The number of imidazole rings is 1. The second-order valence-electron chi connectivity index (χ2n) is 7.27. The Balaban J connectivity index is 1.30. The lowest BCUT2D eigenvalue weighted by molar-refractivity contribution is 0.0407. The van der Waals surface area contributed by atoms with Crippen LogP contribution in [0.2, 0.25) is 0 Å². The number of carbonyl (C=O) groups is 1. The third-order valence-electron chi connectivity index (χ3n) is 5.66. The van der Waals surface area contributed by atoms with Gasteiger partial charge in [0.05, 0.1) is 48.8 Å². The largest absolute Gasteiger partial charge is 0.471 e. The van der Waals surface area contributed by atoms with Crippen LogP contribution in [0.25, 0.3) is 11.2 Å². The van der Waals surface area contributed by atoms with E-state index in [2.05, 4.69) is 20.2 Å². The van der Waals surface area contributed by atoms with Gasteiger partial charge >= 0.3 is 0 Å². The van der Waals surface area contributed by atoms with E-state index in [1.165, 1.54) is 4.80 Å². The van der Waals surface area contributed by atoms with E-state index in [9.17, 15) is 4.79 Å². The molecule has 6 rings (SSSR count). The molecule has 0 unspecified atom stereocenters. The van der Waals surface area contributed by atoms with Crippen LogP contribution in [0, 0.1) is 0 Å². The fourth-order valence-electron chi connectivity index (χ4n) is 4.38. The number of hydrogen-bond acceptors (Lipinski definition) is 6. The van der Waals surface area contributed by atoms with Crippen LogP contribution in [0.1, 0.15) is 34.8 Å². The molecule has 0 bridgehead atoms. The van der Waals surface area contributed by atoms with Crippen molar-refractivity contribution in [1.29, 1.82) is 0 Å². The van der Waals surface area contributed by atoms with Gasteiger partial charge < -0.3 is 14.0 Å². The van der Waals surface area contributed by atoms with Crippen molar-refractivity contribution in [2.24, 2.45) is 0 Å². The van der Waals surface area contributed by atoms with Gasteiger partial charge in [-0.15, -0.1) is 0 Å². The predicted molar refractivity (Wildman–Crippen MR) is 102 cm³/mol. The van der Waals surface area contributed by atoms with E-state index in [0.29, 0.717) is 18.0 Å². The van der Waals surface area contributed by atoms with Gasteiger partial charge in [0.1, 0.15) is 11.6 Å². The van der Waals surface area contributed by atoms with Crippen molar-refractivity contribution >= 4 is 11.4 Å². The number of ether oxygens (including phenoxy) is 1. The summed E-state index contributed by atoms with van der Waals surface area (Å²) in [6, 6.07) is 5.93. The summed E-state index contributed by atoms with van der Waals surface area (Å²) in [6.07, 6.45) is 11.7. The van der Waals surface area contributed by atoms with E-state index in [1.807, 2.05) is 33.7 Å². The molecule has 9 nitrogen and oxygen atoms in total. The van der Waals surface area contributed by atoms with E-state index >= 15 is 0 Å². The smallest absolute Gasteiger partial charge is 0.257 e. The number of nitrogens with zero attached hydrogens (tertiary/aromatic N) is 7. The number of fused-ring (bicyclic) bond motifs is 4. The molecular formula is C20H17N7O2. The van der Waals surface area contributed by atoms with Gasteiger partial charge in [-0.1, -0.05) is 12.1 Å². The standard InChI is InChI=1S/C20H17N7O2/c28-20-18-14(2-1-3-16(18)27-23-6-7-24-27)15-5-4-13(11-26(15)20)29-19-17-10-21-12-25(17)9-8-22-19/h1-3,6-10,12-13,15H,4-5,11H2/t13-,15+/m1/s1. The van der Waals surface area contributed by atoms with Crippen LogP contribution in [-0.4, -0.2) is 52.8 Å². The minimum atomic E-state index is -0.121. The number of rotatable bonds is 3. The molecule has 2 aliphatic heterocycles. The normalized spacial score (nSPS) is 20.7. The summed E-state index contributed by atoms with van der Waals surface area (Å²) in [7, 11) is 0. The third kappa shape index (κ3) is 2.43. The number of amides is 1. The summed E-state index contributed by atoms with van der Waals surface area (Å²) >= 11 is 0. The number of hydrogen-bond donors (Lipinski definition) is 0. The number of aromatic nitrogens is 6. The zero-order chi connectivity index (χ0) is 19.4. The molecular weight excluding hydrogens is 370 g/mol. The van der Waals surface area contributed by atoms with Crippen LogP contribution in [-0.2, 0) is 0 Å². The zero-order valence-electron chi connectivity index (χ0n) is 15.4. The predicted octanol–water partition coefficient (Wildman–Crippen LogP) is 2.05. The highest BCUT2D eigenvalue weighted by molar-refractivity contribution is 6.02. The molecule has 1 amide bonds. The van der Waals surface area contributed by atoms with Gasteiger partial charge in [0, 0.05) is 12.4 Å². The summed E-state index contributed by atoms with van der Waals surface area (Å²) in [4.78, 5) is 25.2. The first kappa shape index (κ1) is 16.2. The fraction of sp³-hybridized carbons (Fsp3) is 0.250. The van der Waals surface area contributed by atoms with Crippen molar-refractivity contribution in [1.82, 2.24) is 34.3 Å². The van der Waals surface area contributed by atoms with Gasteiger partial charge in [0.15, 0.2) is 0 Å². The monoisotopic (exact) mass is 387 g/mol. The van der Waals surface area contributed by atoms with Gasteiger partial charge in [-0.05, 0) is 24.5 Å². The highest BCUT2D eigenvalue weighted by Crippen LogP contribution is 2.42. The molecule has 0 spiro atoms. The molecule has 3 aromatic heterocycles. The molecule has 4 aromatic rings. The Morgan fingerprint density at radius 1 is 1.10 bits per heavy atom. The minimum Gasteiger partial charge on any atom is -0.471 e. The average Bonchev–Trinajstić information content (AvgIpc) is 3.49. The van der Waals surface area contributed by atoms with Gasteiger partial charge in [-0.25, -0.2) is 9.97 Å². The van der Waals surface area contributed by atoms with E-state index in [4.69, 9.17) is 4.74 Å². The van der Waals surface area contributed by atoms with Gasteiger partial charge in [0.2, 0.25) is 5.88 Å². The topological polar surface area (TPSA) is 90.4 Å². The Kier molecular flexibility index (Phi) is 3.43. The molecule has 9 heteroatoms. The second kappa shape index (κ2) is 6.13. The van der Waals surface area contributed by atoms with Crippen LogP contribution in [0.4, 0.5) is 0 Å². The molecule has 1 fully saturated rings. The summed E-state index contributed by atoms with van der Waals surface area (Å²) in [5, 5.41) is 8.41. The van der Waals surface area contributed by atoms with Crippen LogP contribution < -0.4 is 4.74 Å². The molecule has 29 heavy (non-hydrogen) atoms. The average molecular weight is 387 g/mol. The van der Waals surface area contributed by atoms with Gasteiger partial charge in [-0.3, -0.25) is 4.79 Å². The van der Waals surface area contributed by atoms with Crippen molar-refractivity contribution in [3.05, 3.63) is 66.6 Å². The molecule has 5 heterocycles. The number of benzene rings is 1. The highest BCUT2D eigenvalue weighted by Gasteiger charge is 2.43. The molecule has 1 saturated heterocycles. The lowest BCUT2D eigenvalue weighted by Gasteiger charge is -2.35. The highest BCUT2D eigenvalue weighted by atomic mass is 16.5. The molecule has 2 atom stereocenters. The van der Waals surface area contributed by atoms with Crippen molar-refractivity contribution in [3.8, 4) is 11.6 Å². The molecule has 1 aromatic carbocycles. The molecule has 144 valence electrons. The van der Waals surface area contributed by atoms with Crippen LogP contribution in [0.3, 0.4) is 0 Å². The van der Waals surface area contributed by atoms with Gasteiger partial charge in [-0.2, -0.15) is 15.0 Å². The molecule has 0 aliphatic carbocycles. The maximum atomic E-state index is 13.3. The van der Waals surface area contributed by atoms with E-state index in [1.54, 1.807) is 31.1 Å². The summed E-state index contributed by atoms with van der Waals surface area (Å²) in [6.45, 7) is 0.515. The van der Waals surface area contributed by atoms with E-state index in [-0.39, 0.29) is 18.1 Å². The first-order valence-corrected chi connectivity index (χ1v) is 9.53. The van der Waals surface area contributed by atoms with Crippen LogP contribution in [0.5, 0.6) is 5.88 Å².